The van der Waals surface area contributed by atoms with E-state index >= 15 is 0 Å². The van der Waals surface area contributed by atoms with E-state index in [1.807, 2.05) is 0 Å². The second-order valence-corrected chi connectivity index (χ2v) is 8.08. The highest BCUT2D eigenvalue weighted by atomic mass is 79.9. The molecule has 1 N–H and O–H groups in total. The van der Waals surface area contributed by atoms with Crippen molar-refractivity contribution < 1.29 is 12.8 Å². The fourth-order valence-electron chi connectivity index (χ4n) is 1.46. The lowest BCUT2D eigenvalue weighted by Gasteiger charge is -2.11. The molecule has 3 nitrogen and oxygen atoms in total. The maximum atomic E-state index is 13.2. The summed E-state index contributed by atoms with van der Waals surface area (Å²) in [5.74, 6) is -0.529. The van der Waals surface area contributed by atoms with Gasteiger partial charge in [0.25, 0.3) is 10.0 Å². The lowest BCUT2D eigenvalue weighted by molar-refractivity contribution is 0.600. The summed E-state index contributed by atoms with van der Waals surface area (Å²) in [6.45, 7) is 0. The molecule has 0 fully saturated rings. The van der Waals surface area contributed by atoms with Crippen LogP contribution in [0.4, 0.5) is 10.1 Å². The maximum Gasteiger partial charge on any atom is 0.263 e. The van der Waals surface area contributed by atoms with Gasteiger partial charge in [0.2, 0.25) is 0 Å². The second kappa shape index (κ2) is 6.13. The number of benzene rings is 2. The lowest BCUT2D eigenvalue weighted by atomic mass is 10.3. The molecule has 0 aliphatic carbocycles. The zero-order chi connectivity index (χ0) is 14.9. The Morgan fingerprint density at radius 2 is 1.60 bits per heavy atom. The van der Waals surface area contributed by atoms with Crippen molar-refractivity contribution in [1.29, 1.82) is 0 Å². The van der Waals surface area contributed by atoms with Gasteiger partial charge >= 0.3 is 0 Å². The highest BCUT2D eigenvalue weighted by molar-refractivity contribution is 9.11. The third-order valence-electron chi connectivity index (χ3n) is 2.36. The molecule has 0 aliphatic heterocycles. The standard InChI is InChI=1S/C12H7Br3FNO2S/c13-7-1-3-10(15)12(5-7)20(18,19)17-11-6-8(16)2-4-9(11)14/h1-6,17H. The summed E-state index contributed by atoms with van der Waals surface area (Å²) >= 11 is 9.58. The van der Waals surface area contributed by atoms with Gasteiger partial charge in [0.15, 0.2) is 0 Å². The van der Waals surface area contributed by atoms with E-state index in [0.29, 0.717) is 13.4 Å². The number of anilines is 1. The molecule has 106 valence electrons. The minimum absolute atomic E-state index is 0.0584. The smallest absolute Gasteiger partial charge is 0.263 e. The minimum atomic E-state index is -3.83. The van der Waals surface area contributed by atoms with Gasteiger partial charge < -0.3 is 0 Å². The summed E-state index contributed by atoms with van der Waals surface area (Å²) in [6, 6.07) is 8.55. The van der Waals surface area contributed by atoms with E-state index in [-0.39, 0.29) is 10.6 Å². The van der Waals surface area contributed by atoms with Gasteiger partial charge in [-0.3, -0.25) is 4.72 Å². The van der Waals surface area contributed by atoms with Gasteiger partial charge in [-0.15, -0.1) is 0 Å². The molecule has 0 unspecified atom stereocenters. The zero-order valence-electron chi connectivity index (χ0n) is 9.70. The summed E-state index contributed by atoms with van der Waals surface area (Å²) in [5, 5.41) is 0. The van der Waals surface area contributed by atoms with Crippen molar-refractivity contribution in [3.63, 3.8) is 0 Å². The summed E-state index contributed by atoms with van der Waals surface area (Å²) in [5.41, 5.74) is 0.136. The van der Waals surface area contributed by atoms with Gasteiger partial charge in [-0.25, -0.2) is 12.8 Å². The first-order valence-corrected chi connectivity index (χ1v) is 9.09. The Morgan fingerprint density at radius 1 is 0.950 bits per heavy atom. The van der Waals surface area contributed by atoms with E-state index in [4.69, 9.17) is 0 Å². The number of nitrogens with one attached hydrogen (secondary N) is 1. The van der Waals surface area contributed by atoms with Crippen LogP contribution >= 0.6 is 47.8 Å². The Balaban J connectivity index is 2.46. The summed E-state index contributed by atoms with van der Waals surface area (Å²) < 4.78 is 41.7. The van der Waals surface area contributed by atoms with E-state index in [2.05, 4.69) is 52.5 Å². The highest BCUT2D eigenvalue weighted by Gasteiger charge is 2.19. The fourth-order valence-corrected chi connectivity index (χ4v) is 4.51. The van der Waals surface area contributed by atoms with Crippen LogP contribution in [0, 0.1) is 5.82 Å². The van der Waals surface area contributed by atoms with Crippen molar-refractivity contribution in [1.82, 2.24) is 0 Å². The molecule has 2 aromatic rings. The molecule has 0 atom stereocenters. The molecule has 8 heteroatoms. The Bertz CT molecular complexity index is 765. The maximum absolute atomic E-state index is 13.2. The van der Waals surface area contributed by atoms with Crippen molar-refractivity contribution in [2.24, 2.45) is 0 Å². The minimum Gasteiger partial charge on any atom is -0.278 e. The number of halogens is 4. The largest absolute Gasteiger partial charge is 0.278 e. The van der Waals surface area contributed by atoms with Gasteiger partial charge in [0.05, 0.1) is 5.69 Å². The predicted molar refractivity (Wildman–Crippen MR) is 86.8 cm³/mol. The molecule has 0 amide bonds. The molecule has 0 spiro atoms. The van der Waals surface area contributed by atoms with Crippen molar-refractivity contribution in [3.8, 4) is 0 Å². The van der Waals surface area contributed by atoms with Crippen molar-refractivity contribution >= 4 is 63.5 Å². The van der Waals surface area contributed by atoms with Crippen LogP contribution in [0.1, 0.15) is 0 Å². The van der Waals surface area contributed by atoms with Crippen LogP contribution in [0.25, 0.3) is 0 Å². The SMILES string of the molecule is O=S(=O)(Nc1cc(F)ccc1Br)c1cc(Br)ccc1Br. The fraction of sp³-hybridized carbons (Fsp3) is 0. The van der Waals surface area contributed by atoms with Crippen LogP contribution in [0.5, 0.6) is 0 Å². The molecular formula is C12H7Br3FNO2S. The average molecular weight is 488 g/mol. The van der Waals surface area contributed by atoms with E-state index in [1.54, 1.807) is 12.1 Å². The van der Waals surface area contributed by atoms with Crippen molar-refractivity contribution in [2.75, 3.05) is 4.72 Å². The molecule has 0 radical (unpaired) electrons. The summed E-state index contributed by atoms with van der Waals surface area (Å²) in [4.78, 5) is 0.0584. The van der Waals surface area contributed by atoms with Crippen LogP contribution in [0.15, 0.2) is 54.7 Å². The first-order chi connectivity index (χ1) is 9.29. The number of hydrogen-bond acceptors (Lipinski definition) is 2. The van der Waals surface area contributed by atoms with Crippen LogP contribution in [0.3, 0.4) is 0 Å². The Morgan fingerprint density at radius 3 is 2.30 bits per heavy atom. The third kappa shape index (κ3) is 3.60. The number of rotatable bonds is 3. The molecular weight excluding hydrogens is 481 g/mol. The lowest BCUT2D eigenvalue weighted by Crippen LogP contribution is -2.14. The quantitative estimate of drug-likeness (QED) is 0.668. The summed E-state index contributed by atoms with van der Waals surface area (Å²) in [6.07, 6.45) is 0. The average Bonchev–Trinajstić information content (AvgIpc) is 2.36. The highest BCUT2D eigenvalue weighted by Crippen LogP contribution is 2.30. The summed E-state index contributed by atoms with van der Waals surface area (Å²) in [7, 11) is -3.83. The molecule has 0 aromatic heterocycles. The Labute approximate surface area is 141 Å². The van der Waals surface area contributed by atoms with Gasteiger partial charge in [-0.1, -0.05) is 15.9 Å². The number of sulfonamides is 1. The van der Waals surface area contributed by atoms with E-state index in [1.165, 1.54) is 18.2 Å². The third-order valence-corrected chi connectivity index (χ3v) is 5.90. The first-order valence-electron chi connectivity index (χ1n) is 5.22. The molecule has 0 saturated carbocycles. The number of hydrogen-bond donors (Lipinski definition) is 1. The first kappa shape index (κ1) is 15.9. The van der Waals surface area contributed by atoms with Crippen LogP contribution in [0.2, 0.25) is 0 Å². The van der Waals surface area contributed by atoms with Gasteiger partial charge in [0.1, 0.15) is 10.7 Å². The Kier molecular flexibility index (Phi) is 4.88. The molecule has 0 aliphatic rings. The molecule has 0 heterocycles. The van der Waals surface area contributed by atoms with Crippen LogP contribution in [-0.2, 0) is 10.0 Å². The zero-order valence-corrected chi connectivity index (χ0v) is 15.3. The second-order valence-electron chi connectivity index (χ2n) is 3.80. The van der Waals surface area contributed by atoms with Gasteiger partial charge in [0, 0.05) is 13.4 Å². The van der Waals surface area contributed by atoms with Gasteiger partial charge in [-0.05, 0) is 68.3 Å². The van der Waals surface area contributed by atoms with Crippen molar-refractivity contribution in [2.45, 2.75) is 4.90 Å². The monoisotopic (exact) mass is 485 g/mol. The van der Waals surface area contributed by atoms with Crippen LogP contribution in [-0.4, -0.2) is 8.42 Å². The van der Waals surface area contributed by atoms with E-state index in [0.717, 1.165) is 6.07 Å². The molecule has 2 rings (SSSR count). The normalized spacial score (nSPS) is 11.4. The van der Waals surface area contributed by atoms with E-state index < -0.39 is 15.8 Å². The van der Waals surface area contributed by atoms with Crippen molar-refractivity contribution in [3.05, 3.63) is 55.6 Å². The van der Waals surface area contributed by atoms with E-state index in [9.17, 15) is 12.8 Å². The van der Waals surface area contributed by atoms with Crippen LogP contribution < -0.4 is 4.72 Å². The Hall–Kier alpha value is -0.440. The molecule has 0 saturated heterocycles. The predicted octanol–water partition coefficient (Wildman–Crippen LogP) is 4.91. The topological polar surface area (TPSA) is 46.2 Å². The van der Waals surface area contributed by atoms with Gasteiger partial charge in [-0.2, -0.15) is 0 Å². The molecule has 2 aromatic carbocycles. The molecule has 0 bridgehead atoms. The molecule has 20 heavy (non-hydrogen) atoms.